The number of amides is 3. The van der Waals surface area contributed by atoms with Crippen LogP contribution < -0.4 is 5.32 Å². The standard InChI is InChI=1S/C18H20N2O5/c1-11-6-8-18(9-7-11,17(24)25)19-14(21)10-20-15(22)12-4-2-3-5-13(12)16(20)23/h2-5,11H,6-10H2,1H3,(H,19,21)(H,24,25). The first kappa shape index (κ1) is 17.1. The molecule has 2 aliphatic rings. The van der Waals surface area contributed by atoms with E-state index in [0.29, 0.717) is 31.6 Å². The van der Waals surface area contributed by atoms with Crippen molar-refractivity contribution in [1.29, 1.82) is 0 Å². The Morgan fingerprint density at radius 2 is 1.68 bits per heavy atom. The average molecular weight is 344 g/mol. The van der Waals surface area contributed by atoms with Crippen LogP contribution in [0.15, 0.2) is 24.3 Å². The zero-order valence-corrected chi connectivity index (χ0v) is 13.9. The molecular weight excluding hydrogens is 324 g/mol. The van der Waals surface area contributed by atoms with Gasteiger partial charge in [-0.1, -0.05) is 19.1 Å². The maximum absolute atomic E-state index is 12.4. The Hall–Kier alpha value is -2.70. The van der Waals surface area contributed by atoms with E-state index in [0.717, 1.165) is 4.90 Å². The van der Waals surface area contributed by atoms with Crippen LogP contribution in [0.1, 0.15) is 53.3 Å². The summed E-state index contributed by atoms with van der Waals surface area (Å²) in [6, 6.07) is 6.37. The molecule has 1 saturated carbocycles. The highest BCUT2D eigenvalue weighted by atomic mass is 16.4. The van der Waals surface area contributed by atoms with Crippen LogP contribution >= 0.6 is 0 Å². The smallest absolute Gasteiger partial charge is 0.329 e. The van der Waals surface area contributed by atoms with Crippen LogP contribution in [0.3, 0.4) is 0 Å². The van der Waals surface area contributed by atoms with Gasteiger partial charge in [-0.05, 0) is 43.7 Å². The lowest BCUT2D eigenvalue weighted by Gasteiger charge is -2.36. The molecule has 1 aliphatic carbocycles. The van der Waals surface area contributed by atoms with Crippen LogP contribution in [-0.4, -0.2) is 45.8 Å². The van der Waals surface area contributed by atoms with Crippen molar-refractivity contribution in [2.24, 2.45) is 5.92 Å². The monoisotopic (exact) mass is 344 g/mol. The first-order valence-electron chi connectivity index (χ1n) is 8.34. The van der Waals surface area contributed by atoms with Crippen molar-refractivity contribution in [3.05, 3.63) is 35.4 Å². The zero-order chi connectivity index (χ0) is 18.2. The fourth-order valence-corrected chi connectivity index (χ4v) is 3.48. The third-order valence-electron chi connectivity index (χ3n) is 5.10. The van der Waals surface area contributed by atoms with Crippen molar-refractivity contribution in [2.75, 3.05) is 6.54 Å². The summed E-state index contributed by atoms with van der Waals surface area (Å²) in [5, 5.41) is 12.1. The maximum atomic E-state index is 12.4. The van der Waals surface area contributed by atoms with Gasteiger partial charge >= 0.3 is 5.97 Å². The molecule has 0 atom stereocenters. The third kappa shape index (κ3) is 3.01. The fraction of sp³-hybridized carbons (Fsp3) is 0.444. The molecule has 3 amide bonds. The van der Waals surface area contributed by atoms with Crippen LogP contribution in [0, 0.1) is 5.92 Å². The molecule has 0 unspecified atom stereocenters. The normalized spacial score (nSPS) is 25.6. The molecule has 1 aliphatic heterocycles. The van der Waals surface area contributed by atoms with Crippen molar-refractivity contribution >= 4 is 23.7 Å². The summed E-state index contributed by atoms with van der Waals surface area (Å²) < 4.78 is 0. The van der Waals surface area contributed by atoms with E-state index in [4.69, 9.17) is 0 Å². The molecule has 0 saturated heterocycles. The first-order chi connectivity index (χ1) is 11.8. The van der Waals surface area contributed by atoms with Gasteiger partial charge in [0.2, 0.25) is 5.91 Å². The van der Waals surface area contributed by atoms with Crippen molar-refractivity contribution in [3.63, 3.8) is 0 Å². The summed E-state index contributed by atoms with van der Waals surface area (Å²) in [7, 11) is 0. The van der Waals surface area contributed by atoms with Gasteiger partial charge in [0.25, 0.3) is 11.8 Å². The Balaban J connectivity index is 1.72. The lowest BCUT2D eigenvalue weighted by atomic mass is 9.77. The molecule has 0 spiro atoms. The molecule has 7 nitrogen and oxygen atoms in total. The van der Waals surface area contributed by atoms with Gasteiger partial charge in [0.05, 0.1) is 11.1 Å². The number of hydrogen-bond acceptors (Lipinski definition) is 4. The van der Waals surface area contributed by atoms with Gasteiger partial charge in [-0.25, -0.2) is 4.79 Å². The predicted molar refractivity (Wildman–Crippen MR) is 88.0 cm³/mol. The highest BCUT2D eigenvalue weighted by Gasteiger charge is 2.44. The van der Waals surface area contributed by atoms with Gasteiger partial charge < -0.3 is 10.4 Å². The topological polar surface area (TPSA) is 104 Å². The van der Waals surface area contributed by atoms with E-state index in [2.05, 4.69) is 5.32 Å². The fourth-order valence-electron chi connectivity index (χ4n) is 3.48. The number of benzene rings is 1. The summed E-state index contributed by atoms with van der Waals surface area (Å²) in [4.78, 5) is 49.5. The molecule has 25 heavy (non-hydrogen) atoms. The average Bonchev–Trinajstić information content (AvgIpc) is 2.82. The molecular formula is C18H20N2O5. The Labute approximate surface area is 145 Å². The summed E-state index contributed by atoms with van der Waals surface area (Å²) in [5.41, 5.74) is -0.790. The van der Waals surface area contributed by atoms with Gasteiger partial charge in [-0.3, -0.25) is 19.3 Å². The third-order valence-corrected chi connectivity index (χ3v) is 5.10. The van der Waals surface area contributed by atoms with Crippen LogP contribution in [-0.2, 0) is 9.59 Å². The molecule has 132 valence electrons. The lowest BCUT2D eigenvalue weighted by Crippen LogP contribution is -2.58. The van der Waals surface area contributed by atoms with Gasteiger partial charge in [0.1, 0.15) is 12.1 Å². The number of aliphatic carboxylic acids is 1. The minimum Gasteiger partial charge on any atom is -0.480 e. The van der Waals surface area contributed by atoms with E-state index in [1.54, 1.807) is 12.1 Å². The highest BCUT2D eigenvalue weighted by Crippen LogP contribution is 2.32. The Morgan fingerprint density at radius 3 is 2.16 bits per heavy atom. The van der Waals surface area contributed by atoms with Crippen LogP contribution in [0.25, 0.3) is 0 Å². The Kier molecular flexibility index (Phi) is 4.32. The van der Waals surface area contributed by atoms with Crippen molar-refractivity contribution < 1.29 is 24.3 Å². The van der Waals surface area contributed by atoms with Gasteiger partial charge in [0.15, 0.2) is 0 Å². The first-order valence-corrected chi connectivity index (χ1v) is 8.34. The molecule has 1 aromatic rings. The molecule has 0 bridgehead atoms. The number of carboxylic acids is 1. The number of nitrogens with one attached hydrogen (secondary N) is 1. The number of fused-ring (bicyclic) bond motifs is 1. The summed E-state index contributed by atoms with van der Waals surface area (Å²) in [6.45, 7) is 1.57. The number of rotatable bonds is 4. The van der Waals surface area contributed by atoms with E-state index in [-0.39, 0.29) is 11.1 Å². The molecule has 0 radical (unpaired) electrons. The lowest BCUT2D eigenvalue weighted by molar-refractivity contribution is -0.149. The largest absolute Gasteiger partial charge is 0.480 e. The SMILES string of the molecule is CC1CCC(NC(=O)CN2C(=O)c3ccccc3C2=O)(C(=O)O)CC1. The summed E-state index contributed by atoms with van der Waals surface area (Å²) in [5.74, 6) is -2.35. The number of hydrogen-bond donors (Lipinski definition) is 2. The van der Waals surface area contributed by atoms with Gasteiger partial charge in [0, 0.05) is 0 Å². The number of carbonyl (C=O) groups excluding carboxylic acids is 3. The number of carbonyl (C=O) groups is 4. The number of carboxylic acid groups (broad SMARTS) is 1. The molecule has 2 N–H and O–H groups in total. The highest BCUT2D eigenvalue weighted by molar-refractivity contribution is 6.22. The molecule has 0 aromatic heterocycles. The quantitative estimate of drug-likeness (QED) is 0.804. The second-order valence-corrected chi connectivity index (χ2v) is 6.86. The van der Waals surface area contributed by atoms with Crippen LogP contribution in [0.2, 0.25) is 0 Å². The van der Waals surface area contributed by atoms with Crippen LogP contribution in [0.4, 0.5) is 0 Å². The van der Waals surface area contributed by atoms with E-state index >= 15 is 0 Å². The molecule has 3 rings (SSSR count). The zero-order valence-electron chi connectivity index (χ0n) is 13.9. The van der Waals surface area contributed by atoms with Crippen molar-refractivity contribution in [2.45, 2.75) is 38.1 Å². The second-order valence-electron chi connectivity index (χ2n) is 6.86. The molecule has 1 heterocycles. The van der Waals surface area contributed by atoms with E-state index in [1.165, 1.54) is 12.1 Å². The van der Waals surface area contributed by atoms with Crippen molar-refractivity contribution in [3.8, 4) is 0 Å². The Bertz CT molecular complexity index is 715. The minimum absolute atomic E-state index is 0.264. The van der Waals surface area contributed by atoms with Gasteiger partial charge in [-0.15, -0.1) is 0 Å². The molecule has 1 fully saturated rings. The molecule has 1 aromatic carbocycles. The second kappa shape index (κ2) is 6.31. The molecule has 7 heteroatoms. The minimum atomic E-state index is -1.32. The van der Waals surface area contributed by atoms with Crippen LogP contribution in [0.5, 0.6) is 0 Å². The number of nitrogens with zero attached hydrogens (tertiary/aromatic N) is 1. The summed E-state index contributed by atoms with van der Waals surface area (Å²) >= 11 is 0. The number of imide groups is 1. The predicted octanol–water partition coefficient (Wildman–Crippen LogP) is 1.43. The maximum Gasteiger partial charge on any atom is 0.329 e. The van der Waals surface area contributed by atoms with E-state index in [9.17, 15) is 24.3 Å². The Morgan fingerprint density at radius 1 is 1.16 bits per heavy atom. The van der Waals surface area contributed by atoms with Gasteiger partial charge in [-0.2, -0.15) is 0 Å². The van der Waals surface area contributed by atoms with Crippen molar-refractivity contribution in [1.82, 2.24) is 10.2 Å². The van der Waals surface area contributed by atoms with E-state index < -0.39 is 35.8 Å². The van der Waals surface area contributed by atoms with E-state index in [1.807, 2.05) is 6.92 Å². The summed E-state index contributed by atoms with van der Waals surface area (Å²) in [6.07, 6.45) is 2.11.